The minimum Gasteiger partial charge on any atom is -0.481 e. The van der Waals surface area contributed by atoms with Crippen molar-refractivity contribution in [1.29, 1.82) is 0 Å². The maximum Gasteiger partial charge on any atom is 0.303 e. The first-order chi connectivity index (χ1) is 13.8. The Morgan fingerprint density at radius 2 is 1.97 bits per heavy atom. The monoisotopic (exact) mass is 398 g/mol. The average Bonchev–Trinajstić information content (AvgIpc) is 2.66. The molecule has 0 unspecified atom stereocenters. The smallest absolute Gasteiger partial charge is 0.303 e. The molecule has 6 N–H and O–H groups in total. The zero-order valence-corrected chi connectivity index (χ0v) is 15.8. The van der Waals surface area contributed by atoms with Gasteiger partial charge in [-0.25, -0.2) is 9.98 Å². The van der Waals surface area contributed by atoms with E-state index >= 15 is 0 Å². The third kappa shape index (κ3) is 6.61. The molecule has 29 heavy (non-hydrogen) atoms. The number of carboxylic acid groups (broad SMARTS) is 1. The van der Waals surface area contributed by atoms with Gasteiger partial charge in [0.1, 0.15) is 5.82 Å². The summed E-state index contributed by atoms with van der Waals surface area (Å²) in [5.74, 6) is -1.65. The number of aliphatic carboxylic acids is 1. The number of rotatable bonds is 8. The first-order valence-electron chi connectivity index (χ1n) is 8.67. The van der Waals surface area contributed by atoms with Gasteiger partial charge in [0.2, 0.25) is 5.91 Å². The van der Waals surface area contributed by atoms with Crippen molar-refractivity contribution in [3.8, 4) is 0 Å². The molecular formula is C19H22N6O4. The van der Waals surface area contributed by atoms with Crippen LogP contribution in [0.3, 0.4) is 0 Å². The number of nitrogens with one attached hydrogen (secondary N) is 1. The minimum absolute atomic E-state index is 0.0842. The van der Waals surface area contributed by atoms with E-state index in [0.29, 0.717) is 16.8 Å². The van der Waals surface area contributed by atoms with Gasteiger partial charge in [0, 0.05) is 25.2 Å². The molecular weight excluding hydrogens is 376 g/mol. The molecule has 10 heteroatoms. The van der Waals surface area contributed by atoms with Crippen molar-refractivity contribution in [2.45, 2.75) is 12.8 Å². The number of guanidine groups is 1. The largest absolute Gasteiger partial charge is 0.481 e. The summed E-state index contributed by atoms with van der Waals surface area (Å²) in [5, 5.41) is 11.4. The van der Waals surface area contributed by atoms with Crippen LogP contribution in [0.5, 0.6) is 0 Å². The molecule has 2 rings (SSSR count). The number of benzene rings is 1. The summed E-state index contributed by atoms with van der Waals surface area (Å²) in [7, 11) is 1.49. The number of anilines is 1. The van der Waals surface area contributed by atoms with Gasteiger partial charge in [-0.3, -0.25) is 14.4 Å². The number of pyridine rings is 1. The van der Waals surface area contributed by atoms with E-state index in [1.165, 1.54) is 24.2 Å². The summed E-state index contributed by atoms with van der Waals surface area (Å²) < 4.78 is 0. The van der Waals surface area contributed by atoms with Crippen LogP contribution in [0.2, 0.25) is 0 Å². The predicted molar refractivity (Wildman–Crippen MR) is 108 cm³/mol. The highest BCUT2D eigenvalue weighted by Crippen LogP contribution is 2.16. The third-order valence-corrected chi connectivity index (χ3v) is 3.84. The van der Waals surface area contributed by atoms with E-state index in [0.717, 1.165) is 0 Å². The van der Waals surface area contributed by atoms with E-state index in [-0.39, 0.29) is 37.1 Å². The van der Waals surface area contributed by atoms with Gasteiger partial charge in [-0.15, -0.1) is 0 Å². The van der Waals surface area contributed by atoms with Crippen LogP contribution in [0.1, 0.15) is 22.3 Å². The van der Waals surface area contributed by atoms with E-state index in [2.05, 4.69) is 15.3 Å². The number of hydrogen-bond acceptors (Lipinski definition) is 5. The van der Waals surface area contributed by atoms with E-state index in [1.807, 2.05) is 0 Å². The first kappa shape index (κ1) is 21.4. The fourth-order valence-corrected chi connectivity index (χ4v) is 2.53. The average molecular weight is 398 g/mol. The number of likely N-dealkylation sites (N-methyl/N-ethyl adjacent to an activating group) is 1. The van der Waals surface area contributed by atoms with Crippen molar-refractivity contribution in [2.24, 2.45) is 16.5 Å². The molecule has 10 nitrogen and oxygen atoms in total. The number of carbonyl (C=O) groups is 3. The molecule has 0 bridgehead atoms. The van der Waals surface area contributed by atoms with Crippen LogP contribution in [0.15, 0.2) is 47.6 Å². The van der Waals surface area contributed by atoms with Gasteiger partial charge in [0.15, 0.2) is 5.96 Å². The third-order valence-electron chi connectivity index (χ3n) is 3.84. The lowest BCUT2D eigenvalue weighted by Crippen LogP contribution is -2.35. The lowest BCUT2D eigenvalue weighted by atomic mass is 10.1. The normalized spacial score (nSPS) is 10.1. The number of nitrogens with zero attached hydrogens (tertiary/aromatic N) is 3. The second-order valence-electron chi connectivity index (χ2n) is 6.20. The minimum atomic E-state index is -0.945. The molecule has 1 aromatic carbocycles. The summed E-state index contributed by atoms with van der Waals surface area (Å²) >= 11 is 0. The zero-order chi connectivity index (χ0) is 21.4. The van der Waals surface area contributed by atoms with Crippen LogP contribution >= 0.6 is 0 Å². The number of hydrogen-bond donors (Lipinski definition) is 4. The Morgan fingerprint density at radius 1 is 1.21 bits per heavy atom. The van der Waals surface area contributed by atoms with Gasteiger partial charge in [-0.2, -0.15) is 0 Å². The Kier molecular flexibility index (Phi) is 7.24. The Labute approximate surface area is 167 Å². The van der Waals surface area contributed by atoms with Crippen LogP contribution in [0, 0.1) is 0 Å². The number of nitrogens with two attached hydrogens (primary N) is 2. The number of amides is 2. The molecule has 1 heterocycles. The second-order valence-corrected chi connectivity index (χ2v) is 6.20. The highest BCUT2D eigenvalue weighted by Gasteiger charge is 2.17. The van der Waals surface area contributed by atoms with Gasteiger partial charge < -0.3 is 26.8 Å². The Balaban J connectivity index is 2.03. The van der Waals surface area contributed by atoms with Crippen LogP contribution in [-0.4, -0.2) is 52.3 Å². The second kappa shape index (κ2) is 9.83. The summed E-state index contributed by atoms with van der Waals surface area (Å²) in [6.45, 7) is -0.222. The Morgan fingerprint density at radius 3 is 2.66 bits per heavy atom. The number of aromatic nitrogens is 1. The molecule has 2 aromatic rings. The molecule has 0 aliphatic carbocycles. The first-order valence-corrected chi connectivity index (χ1v) is 8.67. The standard InChI is InChI=1S/C19H22N6O4/c1-25(18(29)13-4-2-6-14(10-13)23-19(20)21)11-15(26)24-17-12(5-3-9-22-17)7-8-16(27)28/h2-6,9-10H,7-8,11H2,1H3,(H,27,28)(H4,20,21,23)(H,22,24,26). The molecule has 0 atom stereocenters. The fraction of sp³-hybridized carbons (Fsp3) is 0.211. The zero-order valence-electron chi connectivity index (χ0n) is 15.8. The number of aryl methyl sites for hydroxylation is 1. The Bertz CT molecular complexity index is 940. The molecule has 2 amide bonds. The highest BCUT2D eigenvalue weighted by molar-refractivity contribution is 5.99. The van der Waals surface area contributed by atoms with Crippen molar-refractivity contribution in [2.75, 3.05) is 18.9 Å². The lowest BCUT2D eigenvalue weighted by molar-refractivity contribution is -0.137. The fourth-order valence-electron chi connectivity index (χ4n) is 2.53. The van der Waals surface area contributed by atoms with Crippen LogP contribution < -0.4 is 16.8 Å². The van der Waals surface area contributed by atoms with Crippen molar-refractivity contribution in [1.82, 2.24) is 9.88 Å². The number of carbonyl (C=O) groups excluding carboxylic acids is 2. The van der Waals surface area contributed by atoms with Crippen LogP contribution in [-0.2, 0) is 16.0 Å². The maximum absolute atomic E-state index is 12.6. The van der Waals surface area contributed by atoms with Gasteiger partial charge >= 0.3 is 5.97 Å². The molecule has 0 saturated heterocycles. The predicted octanol–water partition coefficient (Wildman–Crippen LogP) is 0.714. The molecule has 0 spiro atoms. The molecule has 0 aliphatic rings. The van der Waals surface area contributed by atoms with Gasteiger partial charge in [0.25, 0.3) is 5.91 Å². The van der Waals surface area contributed by atoms with E-state index in [1.54, 1.807) is 30.3 Å². The lowest BCUT2D eigenvalue weighted by Gasteiger charge is -2.17. The van der Waals surface area contributed by atoms with E-state index in [9.17, 15) is 14.4 Å². The quantitative estimate of drug-likeness (QED) is 0.376. The SMILES string of the molecule is CN(CC(=O)Nc1ncccc1CCC(=O)O)C(=O)c1cccc(N=C(N)N)c1. The number of carboxylic acids is 1. The van der Waals surface area contributed by atoms with Gasteiger partial charge in [-0.05, 0) is 36.2 Å². The summed E-state index contributed by atoms with van der Waals surface area (Å²) in [5.41, 5.74) is 12.0. The molecule has 1 aromatic heterocycles. The molecule has 0 saturated carbocycles. The molecule has 0 radical (unpaired) electrons. The summed E-state index contributed by atoms with van der Waals surface area (Å²) in [6.07, 6.45) is 1.63. The molecule has 0 aliphatic heterocycles. The van der Waals surface area contributed by atoms with Crippen molar-refractivity contribution < 1.29 is 19.5 Å². The highest BCUT2D eigenvalue weighted by atomic mass is 16.4. The van der Waals surface area contributed by atoms with Crippen molar-refractivity contribution >= 4 is 35.2 Å². The van der Waals surface area contributed by atoms with Gasteiger partial charge in [-0.1, -0.05) is 12.1 Å². The van der Waals surface area contributed by atoms with Crippen molar-refractivity contribution in [3.05, 3.63) is 53.7 Å². The van der Waals surface area contributed by atoms with Crippen molar-refractivity contribution in [3.63, 3.8) is 0 Å². The molecule has 152 valence electrons. The van der Waals surface area contributed by atoms with E-state index in [4.69, 9.17) is 16.6 Å². The molecule has 0 fully saturated rings. The Hall–Kier alpha value is -3.95. The van der Waals surface area contributed by atoms with Crippen LogP contribution in [0.25, 0.3) is 0 Å². The summed E-state index contributed by atoms with van der Waals surface area (Å²) in [6, 6.07) is 9.72. The van der Waals surface area contributed by atoms with Gasteiger partial charge in [0.05, 0.1) is 12.2 Å². The maximum atomic E-state index is 12.6. The summed E-state index contributed by atoms with van der Waals surface area (Å²) in [4.78, 5) is 44.9. The topological polar surface area (TPSA) is 164 Å². The van der Waals surface area contributed by atoms with Crippen LogP contribution in [0.4, 0.5) is 11.5 Å². The van der Waals surface area contributed by atoms with E-state index < -0.39 is 11.9 Å². The number of aliphatic imine (C=N–C) groups is 1.